The molecule has 0 N–H and O–H groups in total. The van der Waals surface area contributed by atoms with Crippen molar-refractivity contribution in [1.29, 1.82) is 0 Å². The fourth-order valence-corrected chi connectivity index (χ4v) is 8.05. The largest absolute Gasteiger partial charge is 0.344 e. The second kappa shape index (κ2) is 13.9. The summed E-state index contributed by atoms with van der Waals surface area (Å²) in [5.41, 5.74) is 12.5. The van der Waals surface area contributed by atoms with Crippen molar-refractivity contribution in [2.75, 3.05) is 0 Å². The molecule has 3 heteroatoms. The maximum absolute atomic E-state index is 2.40. The van der Waals surface area contributed by atoms with Gasteiger partial charge in [0.25, 0.3) is 0 Å². The molecular formula is C51H41N3. The number of aromatic nitrogens is 3. The Bertz CT molecular complexity index is 2790. The summed E-state index contributed by atoms with van der Waals surface area (Å²) >= 11 is 0. The van der Waals surface area contributed by atoms with Gasteiger partial charge in [0.1, 0.15) is 0 Å². The maximum Gasteiger partial charge on any atom is 0.0541 e. The first-order valence-electron chi connectivity index (χ1n) is 18.6. The number of hydrogen-bond donors (Lipinski definition) is 0. The molecule has 0 unspecified atom stereocenters. The molecule has 0 spiro atoms. The van der Waals surface area contributed by atoms with Crippen molar-refractivity contribution < 1.29 is 0 Å². The normalized spacial score (nSPS) is 11.2. The van der Waals surface area contributed by atoms with Gasteiger partial charge in [0, 0.05) is 61.8 Å². The summed E-state index contributed by atoms with van der Waals surface area (Å²) in [6.07, 6.45) is 0. The van der Waals surface area contributed by atoms with Crippen molar-refractivity contribution >= 4 is 65.4 Å². The third kappa shape index (κ3) is 5.81. The van der Waals surface area contributed by atoms with Crippen molar-refractivity contribution in [3.05, 3.63) is 205 Å². The van der Waals surface area contributed by atoms with E-state index in [4.69, 9.17) is 0 Å². The zero-order chi connectivity index (χ0) is 36.6. The highest BCUT2D eigenvalue weighted by atomic mass is 15.0. The van der Waals surface area contributed by atoms with E-state index in [-0.39, 0.29) is 0 Å². The van der Waals surface area contributed by atoms with Gasteiger partial charge in [-0.25, -0.2) is 0 Å². The van der Waals surface area contributed by atoms with E-state index in [0.717, 1.165) is 0 Å². The van der Waals surface area contributed by atoms with E-state index in [0.29, 0.717) is 0 Å². The van der Waals surface area contributed by atoms with E-state index in [2.05, 4.69) is 211 Å². The van der Waals surface area contributed by atoms with Crippen molar-refractivity contribution in [3.8, 4) is 11.4 Å². The average molecular weight is 696 g/mol. The van der Waals surface area contributed by atoms with E-state index in [1.807, 2.05) is 18.2 Å². The average Bonchev–Trinajstić information content (AvgIpc) is 3.84. The predicted octanol–water partition coefficient (Wildman–Crippen LogP) is 13.5. The summed E-state index contributed by atoms with van der Waals surface area (Å²) < 4.78 is 7.04. The van der Waals surface area contributed by atoms with Gasteiger partial charge >= 0.3 is 0 Å². The standard InChI is InChI=1S/C31H22N2.C13H11N.C7H8/c1-21-18-22(32-28-14-6-2-10-24(28)25-11-3-7-15-29(25)32)20-23(19-21)33-30-16-8-4-12-26(30)27-13-5-9-17-31(27)33;1-14-12-8-4-2-6-10(12)11-7-3-5-9-13(11)14;1-7-5-3-2-4-6-7/h2-20H,1H3;2-9H,1H3;2-6H,1H3. The summed E-state index contributed by atoms with van der Waals surface area (Å²) in [7, 11) is 2.12. The Labute approximate surface area is 315 Å². The first-order valence-corrected chi connectivity index (χ1v) is 18.6. The van der Waals surface area contributed by atoms with E-state index in [9.17, 15) is 0 Å². The van der Waals surface area contributed by atoms with Crippen LogP contribution in [0.3, 0.4) is 0 Å². The summed E-state index contributed by atoms with van der Waals surface area (Å²) in [4.78, 5) is 0. The second-order valence-electron chi connectivity index (χ2n) is 14.0. The summed E-state index contributed by atoms with van der Waals surface area (Å²) in [6.45, 7) is 4.27. The van der Waals surface area contributed by atoms with Crippen LogP contribution in [0.2, 0.25) is 0 Å². The molecule has 11 rings (SSSR count). The lowest BCUT2D eigenvalue weighted by Gasteiger charge is -2.14. The molecular weight excluding hydrogens is 655 g/mol. The molecule has 3 heterocycles. The highest BCUT2D eigenvalue weighted by Gasteiger charge is 2.15. The zero-order valence-corrected chi connectivity index (χ0v) is 30.8. The van der Waals surface area contributed by atoms with E-state index < -0.39 is 0 Å². The number of hydrogen-bond acceptors (Lipinski definition) is 0. The number of rotatable bonds is 2. The molecule has 54 heavy (non-hydrogen) atoms. The monoisotopic (exact) mass is 695 g/mol. The number of fused-ring (bicyclic) bond motifs is 9. The van der Waals surface area contributed by atoms with Crippen molar-refractivity contribution in [1.82, 2.24) is 13.7 Å². The minimum Gasteiger partial charge on any atom is -0.344 e. The highest BCUT2D eigenvalue weighted by Crippen LogP contribution is 2.36. The molecule has 0 saturated carbocycles. The van der Waals surface area contributed by atoms with Crippen LogP contribution >= 0.6 is 0 Å². The molecule has 0 aliphatic rings. The van der Waals surface area contributed by atoms with Gasteiger partial charge in [-0.3, -0.25) is 0 Å². The third-order valence-electron chi connectivity index (χ3n) is 10.5. The van der Waals surface area contributed by atoms with Crippen molar-refractivity contribution in [2.45, 2.75) is 13.8 Å². The van der Waals surface area contributed by atoms with Crippen LogP contribution in [0.15, 0.2) is 194 Å². The summed E-state index contributed by atoms with van der Waals surface area (Å²) in [5, 5.41) is 7.82. The first kappa shape index (κ1) is 33.0. The lowest BCUT2D eigenvalue weighted by atomic mass is 10.1. The quantitative estimate of drug-likeness (QED) is 0.171. The first-order chi connectivity index (χ1) is 26.6. The van der Waals surface area contributed by atoms with Crippen LogP contribution in [0.1, 0.15) is 11.1 Å². The molecule has 0 amide bonds. The number of benzene rings is 8. The molecule has 3 aromatic heterocycles. The Morgan fingerprint density at radius 3 is 0.870 bits per heavy atom. The van der Waals surface area contributed by atoms with Crippen LogP contribution in [-0.4, -0.2) is 13.7 Å². The maximum atomic E-state index is 2.40. The third-order valence-corrected chi connectivity index (χ3v) is 10.5. The van der Waals surface area contributed by atoms with Gasteiger partial charge in [-0.05, 0) is 74.0 Å². The predicted molar refractivity (Wildman–Crippen MR) is 231 cm³/mol. The fraction of sp³-hybridized carbons (Fsp3) is 0.0588. The summed E-state index contributed by atoms with van der Waals surface area (Å²) in [5.74, 6) is 0. The van der Waals surface area contributed by atoms with Crippen molar-refractivity contribution in [2.24, 2.45) is 7.05 Å². The Morgan fingerprint density at radius 1 is 0.278 bits per heavy atom. The van der Waals surface area contributed by atoms with Crippen molar-refractivity contribution in [3.63, 3.8) is 0 Å². The smallest absolute Gasteiger partial charge is 0.0541 e. The molecule has 260 valence electrons. The van der Waals surface area contributed by atoms with Crippen LogP contribution in [0.5, 0.6) is 0 Å². The van der Waals surface area contributed by atoms with E-state index >= 15 is 0 Å². The number of nitrogens with zero attached hydrogens (tertiary/aromatic N) is 3. The molecule has 0 atom stereocenters. The van der Waals surface area contributed by atoms with Crippen LogP contribution in [0, 0.1) is 13.8 Å². The molecule has 0 radical (unpaired) electrons. The van der Waals surface area contributed by atoms with Gasteiger partial charge in [-0.15, -0.1) is 0 Å². The second-order valence-corrected chi connectivity index (χ2v) is 14.0. The topological polar surface area (TPSA) is 14.8 Å². The highest BCUT2D eigenvalue weighted by molar-refractivity contribution is 6.11. The van der Waals surface area contributed by atoms with E-state index in [1.165, 1.54) is 87.9 Å². The van der Waals surface area contributed by atoms with Crippen LogP contribution in [0.25, 0.3) is 76.8 Å². The minimum absolute atomic E-state index is 1.18. The lowest BCUT2D eigenvalue weighted by molar-refractivity contribution is 1.01. The van der Waals surface area contributed by atoms with Gasteiger partial charge < -0.3 is 13.7 Å². The number of aryl methyl sites for hydroxylation is 3. The SMILES string of the molecule is Cc1cc(-n2c3ccccc3c3ccccc32)cc(-n2c3ccccc3c3ccccc32)c1.Cc1ccccc1.Cn1c2ccccc2c2ccccc21. The zero-order valence-electron chi connectivity index (χ0n) is 30.8. The van der Waals surface area contributed by atoms with E-state index in [1.54, 1.807) is 0 Å². The van der Waals surface area contributed by atoms with Gasteiger partial charge in [-0.2, -0.15) is 0 Å². The van der Waals surface area contributed by atoms with Gasteiger partial charge in [0.05, 0.1) is 22.1 Å². The Kier molecular flexibility index (Phi) is 8.53. The van der Waals surface area contributed by atoms with Crippen LogP contribution in [-0.2, 0) is 7.05 Å². The van der Waals surface area contributed by atoms with Crippen LogP contribution in [0.4, 0.5) is 0 Å². The molecule has 0 aliphatic heterocycles. The van der Waals surface area contributed by atoms with Gasteiger partial charge in [0.2, 0.25) is 0 Å². The summed E-state index contributed by atoms with van der Waals surface area (Å²) in [6, 6.07) is 69.0. The lowest BCUT2D eigenvalue weighted by Crippen LogP contribution is -1.99. The molecule has 11 aromatic rings. The van der Waals surface area contributed by atoms with Gasteiger partial charge in [0.15, 0.2) is 0 Å². The minimum atomic E-state index is 1.18. The molecule has 0 aliphatic carbocycles. The molecule has 0 saturated heterocycles. The Hall–Kier alpha value is -6.84. The Balaban J connectivity index is 0.000000149. The molecule has 0 bridgehead atoms. The van der Waals surface area contributed by atoms with Gasteiger partial charge in [-0.1, -0.05) is 145 Å². The molecule has 0 fully saturated rings. The number of para-hydroxylation sites is 6. The Morgan fingerprint density at radius 2 is 0.556 bits per heavy atom. The van der Waals surface area contributed by atoms with Crippen LogP contribution < -0.4 is 0 Å². The molecule has 8 aromatic carbocycles. The fourth-order valence-electron chi connectivity index (χ4n) is 8.05. The molecule has 3 nitrogen and oxygen atoms in total.